The highest BCUT2D eigenvalue weighted by Gasteiger charge is 2.25. The highest BCUT2D eigenvalue weighted by atomic mass is 35.5. The normalized spacial score (nSPS) is 16.9. The molecule has 7 nitrogen and oxygen atoms in total. The zero-order chi connectivity index (χ0) is 21.0. The van der Waals surface area contributed by atoms with E-state index in [9.17, 15) is 13.2 Å². The number of sulfonamides is 1. The van der Waals surface area contributed by atoms with Crippen molar-refractivity contribution in [1.82, 2.24) is 5.32 Å². The Bertz CT molecular complexity index is 973. The molecule has 1 amide bonds. The molecule has 0 aromatic heterocycles. The second-order valence-electron chi connectivity index (χ2n) is 6.70. The number of carbonyl (C=O) groups is 1. The minimum Gasteiger partial charge on any atom is -0.497 e. The Hall–Kier alpha value is -2.29. The van der Waals surface area contributed by atoms with Gasteiger partial charge < -0.3 is 14.8 Å². The van der Waals surface area contributed by atoms with Crippen LogP contribution in [-0.4, -0.2) is 47.7 Å². The van der Waals surface area contributed by atoms with Crippen LogP contribution in [0.4, 0.5) is 5.69 Å². The molecule has 0 spiro atoms. The molecule has 1 atom stereocenters. The van der Waals surface area contributed by atoms with Gasteiger partial charge in [-0.25, -0.2) is 8.42 Å². The monoisotopic (exact) mass is 438 g/mol. The average Bonchev–Trinajstić information content (AvgIpc) is 2.74. The Balaban J connectivity index is 1.85. The van der Waals surface area contributed by atoms with Crippen molar-refractivity contribution in [3.63, 3.8) is 0 Å². The maximum atomic E-state index is 13.1. The molecule has 1 N–H and O–H groups in total. The third kappa shape index (κ3) is 4.83. The number of ether oxygens (including phenoxy) is 2. The summed E-state index contributed by atoms with van der Waals surface area (Å²) >= 11 is 6.17. The van der Waals surface area contributed by atoms with Gasteiger partial charge in [0.05, 0.1) is 40.9 Å². The molecule has 1 heterocycles. The van der Waals surface area contributed by atoms with E-state index >= 15 is 0 Å². The smallest absolute Gasteiger partial charge is 0.264 e. The maximum Gasteiger partial charge on any atom is 0.264 e. The third-order valence-corrected chi connectivity index (χ3v) is 6.88. The third-order valence-electron chi connectivity index (χ3n) is 4.77. The number of hydrogen-bond acceptors (Lipinski definition) is 5. The Morgan fingerprint density at radius 1 is 1.24 bits per heavy atom. The number of rotatable bonds is 6. The molecule has 0 saturated carbocycles. The second kappa shape index (κ2) is 9.02. The lowest BCUT2D eigenvalue weighted by Crippen LogP contribution is -2.40. The number of methoxy groups -OCH3 is 1. The van der Waals surface area contributed by atoms with Gasteiger partial charge in [0.2, 0.25) is 0 Å². The van der Waals surface area contributed by atoms with Crippen molar-refractivity contribution < 1.29 is 22.7 Å². The van der Waals surface area contributed by atoms with Crippen LogP contribution in [0.3, 0.4) is 0 Å². The van der Waals surface area contributed by atoms with Crippen molar-refractivity contribution in [2.75, 3.05) is 31.7 Å². The van der Waals surface area contributed by atoms with Gasteiger partial charge in [-0.3, -0.25) is 9.10 Å². The number of amides is 1. The summed E-state index contributed by atoms with van der Waals surface area (Å²) in [7, 11) is -0.902. The van der Waals surface area contributed by atoms with Gasteiger partial charge in [-0.1, -0.05) is 11.6 Å². The van der Waals surface area contributed by atoms with E-state index in [1.54, 1.807) is 24.3 Å². The highest BCUT2D eigenvalue weighted by Crippen LogP contribution is 2.27. The summed E-state index contributed by atoms with van der Waals surface area (Å²) in [6, 6.07) is 10.6. The van der Waals surface area contributed by atoms with Gasteiger partial charge in [0, 0.05) is 13.7 Å². The van der Waals surface area contributed by atoms with E-state index in [0.29, 0.717) is 24.7 Å². The molecule has 29 heavy (non-hydrogen) atoms. The number of nitrogens with zero attached hydrogens (tertiary/aromatic N) is 1. The van der Waals surface area contributed by atoms with Crippen molar-refractivity contribution in [3.8, 4) is 5.75 Å². The Morgan fingerprint density at radius 3 is 2.59 bits per heavy atom. The molecule has 1 aliphatic rings. The van der Waals surface area contributed by atoms with E-state index in [1.165, 1.54) is 32.4 Å². The van der Waals surface area contributed by atoms with E-state index in [2.05, 4.69) is 5.32 Å². The van der Waals surface area contributed by atoms with Crippen LogP contribution in [0.1, 0.15) is 23.2 Å². The van der Waals surface area contributed by atoms with Crippen LogP contribution in [0.5, 0.6) is 5.75 Å². The van der Waals surface area contributed by atoms with Crippen LogP contribution in [0.2, 0.25) is 5.02 Å². The van der Waals surface area contributed by atoms with Crippen LogP contribution in [0.15, 0.2) is 47.4 Å². The number of hydrogen-bond donors (Lipinski definition) is 1. The van der Waals surface area contributed by atoms with Crippen LogP contribution < -0.4 is 14.4 Å². The lowest BCUT2D eigenvalue weighted by molar-refractivity contribution is 0.0624. The number of halogens is 1. The summed E-state index contributed by atoms with van der Waals surface area (Å²) in [5, 5.41) is 3.04. The van der Waals surface area contributed by atoms with E-state index < -0.39 is 15.9 Å². The Kier molecular flexibility index (Phi) is 6.66. The standard InChI is InChI=1S/C20H23ClN2O5S/c1-23(15-5-7-16(27-2)8-6-15)29(25,26)17-9-10-19(21)18(12-17)20(24)22-14-4-3-11-28-13-14/h5-10,12,14H,3-4,11,13H2,1-2H3,(H,22,24). The molecule has 2 aromatic carbocycles. The van der Waals surface area contributed by atoms with Crippen LogP contribution in [0, 0.1) is 0 Å². The van der Waals surface area contributed by atoms with Gasteiger partial charge in [0.1, 0.15) is 5.75 Å². The quantitative estimate of drug-likeness (QED) is 0.749. The van der Waals surface area contributed by atoms with Gasteiger partial charge in [-0.2, -0.15) is 0 Å². The zero-order valence-corrected chi connectivity index (χ0v) is 17.8. The van der Waals surface area contributed by atoms with E-state index in [-0.39, 0.29) is 21.5 Å². The highest BCUT2D eigenvalue weighted by molar-refractivity contribution is 7.92. The Morgan fingerprint density at radius 2 is 1.97 bits per heavy atom. The average molecular weight is 439 g/mol. The largest absolute Gasteiger partial charge is 0.497 e. The molecule has 9 heteroatoms. The maximum absolute atomic E-state index is 13.1. The number of benzene rings is 2. The van der Waals surface area contributed by atoms with E-state index in [1.807, 2.05) is 0 Å². The van der Waals surface area contributed by atoms with Gasteiger partial charge in [-0.05, 0) is 55.3 Å². The van der Waals surface area contributed by atoms with E-state index in [0.717, 1.165) is 17.1 Å². The van der Waals surface area contributed by atoms with Crippen molar-refractivity contribution in [3.05, 3.63) is 53.1 Å². The predicted octanol–water partition coefficient (Wildman–Crippen LogP) is 3.08. The molecule has 156 valence electrons. The fourth-order valence-electron chi connectivity index (χ4n) is 3.05. The SMILES string of the molecule is COc1ccc(N(C)S(=O)(=O)c2ccc(Cl)c(C(=O)NC3CCCOC3)c2)cc1. The molecular weight excluding hydrogens is 416 g/mol. The molecule has 1 saturated heterocycles. The molecule has 0 aliphatic carbocycles. The summed E-state index contributed by atoms with van der Waals surface area (Å²) in [4.78, 5) is 12.6. The summed E-state index contributed by atoms with van der Waals surface area (Å²) in [6.45, 7) is 1.11. The molecule has 0 radical (unpaired) electrons. The van der Waals surface area contributed by atoms with Gasteiger partial charge in [0.15, 0.2) is 0 Å². The van der Waals surface area contributed by atoms with Crippen molar-refractivity contribution in [2.24, 2.45) is 0 Å². The second-order valence-corrected chi connectivity index (χ2v) is 9.08. The molecule has 3 rings (SSSR count). The van der Waals surface area contributed by atoms with Crippen molar-refractivity contribution >= 4 is 33.2 Å². The summed E-state index contributed by atoms with van der Waals surface area (Å²) in [6.07, 6.45) is 1.67. The van der Waals surface area contributed by atoms with Gasteiger partial charge in [0.25, 0.3) is 15.9 Å². The van der Waals surface area contributed by atoms with Crippen LogP contribution in [-0.2, 0) is 14.8 Å². The fraction of sp³-hybridized carbons (Fsp3) is 0.350. The number of nitrogens with one attached hydrogen (secondary N) is 1. The summed E-state index contributed by atoms with van der Waals surface area (Å²) < 4.78 is 37.7. The van der Waals surface area contributed by atoms with Crippen molar-refractivity contribution in [2.45, 2.75) is 23.8 Å². The van der Waals surface area contributed by atoms with Crippen LogP contribution in [0.25, 0.3) is 0 Å². The van der Waals surface area contributed by atoms with Gasteiger partial charge in [-0.15, -0.1) is 0 Å². The Labute approximate surface area is 175 Å². The topological polar surface area (TPSA) is 84.9 Å². The van der Waals surface area contributed by atoms with Gasteiger partial charge >= 0.3 is 0 Å². The molecule has 0 bridgehead atoms. The minimum atomic E-state index is -3.89. The van der Waals surface area contributed by atoms with Crippen LogP contribution >= 0.6 is 11.6 Å². The molecule has 1 aliphatic heterocycles. The first-order valence-corrected chi connectivity index (χ1v) is 11.0. The first-order chi connectivity index (χ1) is 13.8. The number of carbonyl (C=O) groups excluding carboxylic acids is 1. The lowest BCUT2D eigenvalue weighted by atomic mass is 10.1. The lowest BCUT2D eigenvalue weighted by Gasteiger charge is -2.23. The summed E-state index contributed by atoms with van der Waals surface area (Å²) in [5.41, 5.74) is 0.576. The minimum absolute atomic E-state index is 0.0229. The molecule has 1 unspecified atom stereocenters. The number of anilines is 1. The molecule has 1 fully saturated rings. The zero-order valence-electron chi connectivity index (χ0n) is 16.2. The first kappa shape index (κ1) is 21.4. The molecule has 2 aromatic rings. The van der Waals surface area contributed by atoms with Crippen molar-refractivity contribution in [1.29, 1.82) is 0 Å². The summed E-state index contributed by atoms with van der Waals surface area (Å²) in [5.74, 6) is 0.200. The van der Waals surface area contributed by atoms with E-state index in [4.69, 9.17) is 21.1 Å². The predicted molar refractivity (Wildman–Crippen MR) is 111 cm³/mol. The molecular formula is C20H23ClN2O5S. The fourth-order valence-corrected chi connectivity index (χ4v) is 4.47. The first-order valence-electron chi connectivity index (χ1n) is 9.14.